The van der Waals surface area contributed by atoms with Gasteiger partial charge in [-0.25, -0.2) is 4.39 Å². The predicted molar refractivity (Wildman–Crippen MR) is 78.4 cm³/mol. The van der Waals surface area contributed by atoms with E-state index in [4.69, 9.17) is 5.73 Å². The number of hydrogen-bond donors (Lipinski definition) is 3. The van der Waals surface area contributed by atoms with Crippen molar-refractivity contribution in [1.29, 1.82) is 0 Å². The van der Waals surface area contributed by atoms with Crippen LogP contribution in [0.4, 0.5) is 4.39 Å². The molecule has 0 aliphatic heterocycles. The summed E-state index contributed by atoms with van der Waals surface area (Å²) in [4.78, 5) is 11.9. The summed E-state index contributed by atoms with van der Waals surface area (Å²) in [5.74, 6) is -1.77. The van der Waals surface area contributed by atoms with Gasteiger partial charge >= 0.3 is 0 Å². The highest BCUT2D eigenvalue weighted by Gasteiger charge is 2.16. The molecule has 0 bridgehead atoms. The number of nitrogens with one attached hydrogen (secondary N) is 1. The number of amides is 1. The summed E-state index contributed by atoms with van der Waals surface area (Å²) < 4.78 is 13.5. The Labute approximate surface area is 122 Å². The normalized spacial score (nSPS) is 11.9. The lowest BCUT2D eigenvalue weighted by molar-refractivity contribution is 0.0945. The lowest BCUT2D eigenvalue weighted by Crippen LogP contribution is -2.28. The van der Waals surface area contributed by atoms with Crippen molar-refractivity contribution in [3.05, 3.63) is 65.5 Å². The van der Waals surface area contributed by atoms with Crippen LogP contribution in [0, 0.1) is 5.82 Å². The van der Waals surface area contributed by atoms with E-state index in [-0.39, 0.29) is 17.4 Å². The minimum Gasteiger partial charge on any atom is -0.507 e. The molecule has 0 fully saturated rings. The molecule has 4 N–H and O–H groups in total. The van der Waals surface area contributed by atoms with E-state index in [2.05, 4.69) is 5.32 Å². The van der Waals surface area contributed by atoms with Gasteiger partial charge in [0.1, 0.15) is 17.1 Å². The van der Waals surface area contributed by atoms with Crippen molar-refractivity contribution >= 4 is 5.91 Å². The number of aromatic hydroxyl groups is 1. The van der Waals surface area contributed by atoms with Crippen molar-refractivity contribution in [2.75, 3.05) is 6.54 Å². The second-order valence-corrected chi connectivity index (χ2v) is 4.70. The third kappa shape index (κ3) is 3.79. The maximum absolute atomic E-state index is 13.5. The highest BCUT2D eigenvalue weighted by atomic mass is 19.1. The maximum Gasteiger partial charge on any atom is 0.258 e. The van der Waals surface area contributed by atoms with Gasteiger partial charge in [0.15, 0.2) is 0 Å². The zero-order valence-corrected chi connectivity index (χ0v) is 11.4. The van der Waals surface area contributed by atoms with Crippen molar-refractivity contribution in [2.24, 2.45) is 5.73 Å². The molecular formula is C16H17FN2O2. The molecule has 21 heavy (non-hydrogen) atoms. The number of carbonyl (C=O) groups excluding carboxylic acids is 1. The third-order valence-electron chi connectivity index (χ3n) is 3.19. The van der Waals surface area contributed by atoms with Gasteiger partial charge in [-0.3, -0.25) is 4.79 Å². The van der Waals surface area contributed by atoms with Crippen molar-refractivity contribution < 1.29 is 14.3 Å². The van der Waals surface area contributed by atoms with Gasteiger partial charge in [-0.15, -0.1) is 0 Å². The Hall–Kier alpha value is -2.40. The molecule has 110 valence electrons. The number of benzene rings is 2. The van der Waals surface area contributed by atoms with E-state index in [0.717, 1.165) is 11.6 Å². The van der Waals surface area contributed by atoms with Gasteiger partial charge in [0.25, 0.3) is 5.91 Å². The van der Waals surface area contributed by atoms with E-state index < -0.39 is 11.7 Å². The van der Waals surface area contributed by atoms with Gasteiger partial charge in [-0.2, -0.15) is 0 Å². The van der Waals surface area contributed by atoms with Crippen LogP contribution in [0.2, 0.25) is 0 Å². The number of halogens is 1. The molecule has 1 atom stereocenters. The summed E-state index contributed by atoms with van der Waals surface area (Å²) in [6.07, 6.45) is 0.519. The monoisotopic (exact) mass is 288 g/mol. The Kier molecular flexibility index (Phi) is 4.90. The number of hydrogen-bond acceptors (Lipinski definition) is 3. The van der Waals surface area contributed by atoms with Gasteiger partial charge in [0.2, 0.25) is 0 Å². The zero-order chi connectivity index (χ0) is 15.2. The van der Waals surface area contributed by atoms with Crippen molar-refractivity contribution in [3.63, 3.8) is 0 Å². The fraction of sp³-hybridized carbons (Fsp3) is 0.188. The second kappa shape index (κ2) is 6.85. The summed E-state index contributed by atoms with van der Waals surface area (Å²) >= 11 is 0. The first kappa shape index (κ1) is 15.0. The lowest BCUT2D eigenvalue weighted by atomic mass is 10.0. The molecule has 0 saturated heterocycles. The number of nitrogens with two attached hydrogens (primary N) is 1. The van der Waals surface area contributed by atoms with Crippen molar-refractivity contribution in [3.8, 4) is 5.75 Å². The third-order valence-corrected chi connectivity index (χ3v) is 3.19. The van der Waals surface area contributed by atoms with Crippen LogP contribution >= 0.6 is 0 Å². The van der Waals surface area contributed by atoms with Crippen LogP contribution in [0.1, 0.15) is 28.4 Å². The topological polar surface area (TPSA) is 75.3 Å². The Morgan fingerprint density at radius 3 is 2.57 bits per heavy atom. The van der Waals surface area contributed by atoms with E-state index in [1.165, 1.54) is 12.1 Å². The molecular weight excluding hydrogens is 271 g/mol. The molecule has 0 aliphatic rings. The molecule has 0 radical (unpaired) electrons. The van der Waals surface area contributed by atoms with Crippen LogP contribution in [0.3, 0.4) is 0 Å². The summed E-state index contributed by atoms with van der Waals surface area (Å²) in [7, 11) is 0. The van der Waals surface area contributed by atoms with Gasteiger partial charge in [-0.1, -0.05) is 36.4 Å². The largest absolute Gasteiger partial charge is 0.507 e. The quantitative estimate of drug-likeness (QED) is 0.790. The molecule has 0 spiro atoms. The molecule has 0 aliphatic carbocycles. The highest BCUT2D eigenvalue weighted by Crippen LogP contribution is 2.19. The first-order valence-corrected chi connectivity index (χ1v) is 6.66. The molecule has 2 rings (SSSR count). The number of phenolic OH excluding ortho intramolecular Hbond substituents is 1. The summed E-state index contributed by atoms with van der Waals surface area (Å²) in [6.45, 7) is 0.294. The van der Waals surface area contributed by atoms with E-state index in [9.17, 15) is 14.3 Å². The Morgan fingerprint density at radius 1 is 1.19 bits per heavy atom. The zero-order valence-electron chi connectivity index (χ0n) is 11.4. The average molecular weight is 288 g/mol. The summed E-state index contributed by atoms with van der Waals surface area (Å²) in [6, 6.07) is 13.0. The standard InChI is InChI=1S/C16H17FN2O2/c17-12-7-4-8-14(20)15(12)16(21)19-10-9-13(18)11-5-2-1-3-6-11/h1-8,13,20H,9-10,18H2,(H,19,21). The second-order valence-electron chi connectivity index (χ2n) is 4.70. The van der Waals surface area contributed by atoms with E-state index in [1.807, 2.05) is 30.3 Å². The smallest absolute Gasteiger partial charge is 0.258 e. The van der Waals surface area contributed by atoms with E-state index in [1.54, 1.807) is 0 Å². The van der Waals surface area contributed by atoms with Crippen LogP contribution in [-0.2, 0) is 0 Å². The Bertz CT molecular complexity index is 597. The predicted octanol–water partition coefficient (Wildman–Crippen LogP) is 2.35. The Morgan fingerprint density at radius 2 is 1.90 bits per heavy atom. The van der Waals surface area contributed by atoms with Crippen LogP contribution in [0.15, 0.2) is 48.5 Å². The molecule has 1 amide bonds. The summed E-state index contributed by atoms with van der Waals surface area (Å²) in [5, 5.41) is 12.1. The van der Waals surface area contributed by atoms with Crippen molar-refractivity contribution in [1.82, 2.24) is 5.32 Å². The minimum atomic E-state index is -0.750. The molecule has 0 saturated carbocycles. The van der Waals surface area contributed by atoms with Gasteiger partial charge in [-0.05, 0) is 24.1 Å². The van der Waals surface area contributed by atoms with Gasteiger partial charge in [0.05, 0.1) is 0 Å². The molecule has 1 unspecified atom stereocenters. The van der Waals surface area contributed by atoms with Gasteiger partial charge in [0, 0.05) is 12.6 Å². The van der Waals surface area contributed by atoms with E-state index >= 15 is 0 Å². The SMILES string of the molecule is NC(CCNC(=O)c1c(O)cccc1F)c1ccccc1. The number of phenols is 1. The maximum atomic E-state index is 13.5. The number of carbonyl (C=O) groups is 1. The minimum absolute atomic E-state index is 0.208. The van der Waals surface area contributed by atoms with Crippen molar-refractivity contribution in [2.45, 2.75) is 12.5 Å². The summed E-state index contributed by atoms with van der Waals surface area (Å²) in [5.41, 5.74) is 6.64. The fourth-order valence-electron chi connectivity index (χ4n) is 2.03. The molecule has 4 nitrogen and oxygen atoms in total. The lowest BCUT2D eigenvalue weighted by Gasteiger charge is -2.13. The first-order chi connectivity index (χ1) is 10.1. The van der Waals surface area contributed by atoms with Crippen LogP contribution in [0.25, 0.3) is 0 Å². The molecule has 0 heterocycles. The van der Waals surface area contributed by atoms with Crippen LogP contribution in [-0.4, -0.2) is 17.6 Å². The number of rotatable bonds is 5. The molecule has 5 heteroatoms. The molecule has 2 aromatic carbocycles. The van der Waals surface area contributed by atoms with Crippen LogP contribution in [0.5, 0.6) is 5.75 Å². The fourth-order valence-corrected chi connectivity index (χ4v) is 2.03. The Balaban J connectivity index is 1.90. The van der Waals surface area contributed by atoms with E-state index in [0.29, 0.717) is 13.0 Å². The van der Waals surface area contributed by atoms with Gasteiger partial charge < -0.3 is 16.2 Å². The highest BCUT2D eigenvalue weighted by molar-refractivity contribution is 5.97. The van der Waals surface area contributed by atoms with Crippen LogP contribution < -0.4 is 11.1 Å². The first-order valence-electron chi connectivity index (χ1n) is 6.66. The molecule has 2 aromatic rings. The average Bonchev–Trinajstić information content (AvgIpc) is 2.48. The molecule has 0 aromatic heterocycles.